The summed E-state index contributed by atoms with van der Waals surface area (Å²) in [7, 11) is -1.57. The van der Waals surface area contributed by atoms with Gasteiger partial charge in [-0.15, -0.1) is 0 Å². The van der Waals surface area contributed by atoms with Crippen LogP contribution in [0.1, 0.15) is 90.2 Å². The molecule has 1 aliphatic carbocycles. The summed E-state index contributed by atoms with van der Waals surface area (Å²) in [5.41, 5.74) is 6.95. The van der Waals surface area contributed by atoms with E-state index in [1.807, 2.05) is 0 Å². The van der Waals surface area contributed by atoms with Crippen molar-refractivity contribution in [3.05, 3.63) is 52.6 Å². The molecular weight excluding hydrogens is 352 g/mol. The molecule has 1 unspecified atom stereocenters. The highest BCUT2D eigenvalue weighted by Gasteiger charge is 2.35. The van der Waals surface area contributed by atoms with Gasteiger partial charge in [0.05, 0.1) is 8.07 Å². The second-order valence-electron chi connectivity index (χ2n) is 9.58. The lowest BCUT2D eigenvalue weighted by Crippen LogP contribution is -2.46. The summed E-state index contributed by atoms with van der Waals surface area (Å²) >= 11 is 0. The second kappa shape index (κ2) is 11.2. The fraction of sp³-hybridized carbons (Fsp3) is 0.630. The third-order valence-electron chi connectivity index (χ3n) is 6.84. The third kappa shape index (κ3) is 6.21. The van der Waals surface area contributed by atoms with Crippen molar-refractivity contribution in [2.24, 2.45) is 0 Å². The first-order valence-electron chi connectivity index (χ1n) is 11.9. The van der Waals surface area contributed by atoms with Crippen LogP contribution in [0.15, 0.2) is 41.5 Å². The van der Waals surface area contributed by atoms with E-state index < -0.39 is 8.07 Å². The number of hydrogen-bond acceptors (Lipinski definition) is 0. The average molecular weight is 397 g/mol. The Morgan fingerprint density at radius 3 is 1.71 bits per heavy atom. The molecule has 0 aromatic heterocycles. The lowest BCUT2D eigenvalue weighted by atomic mass is 10.0. The summed E-state index contributed by atoms with van der Waals surface area (Å²) in [6.07, 6.45) is 18.2. The van der Waals surface area contributed by atoms with Crippen LogP contribution in [0.2, 0.25) is 18.6 Å². The molecule has 0 nitrogen and oxygen atoms in total. The molecule has 1 aromatic carbocycles. The second-order valence-corrected chi connectivity index (χ2v) is 14.2. The minimum absolute atomic E-state index is 0.663. The number of hydrogen-bond donors (Lipinski definition) is 0. The number of allylic oxidation sites excluding steroid dienone is 4. The van der Waals surface area contributed by atoms with Crippen molar-refractivity contribution in [3.8, 4) is 0 Å². The van der Waals surface area contributed by atoms with Gasteiger partial charge < -0.3 is 0 Å². The van der Waals surface area contributed by atoms with E-state index in [-0.39, 0.29) is 0 Å². The highest BCUT2D eigenvalue weighted by Crippen LogP contribution is 2.37. The molecule has 0 heterocycles. The van der Waals surface area contributed by atoms with Crippen LogP contribution in [-0.4, -0.2) is 8.07 Å². The largest absolute Gasteiger partial charge is 0.0915 e. The number of aryl methyl sites for hydroxylation is 2. The summed E-state index contributed by atoms with van der Waals surface area (Å²) in [5, 5.41) is 1.68. The highest BCUT2D eigenvalue weighted by molar-refractivity contribution is 6.92. The Balaban J connectivity index is 2.23. The van der Waals surface area contributed by atoms with Crippen LogP contribution in [0.4, 0.5) is 0 Å². The third-order valence-corrected chi connectivity index (χ3v) is 10.8. The fourth-order valence-electron chi connectivity index (χ4n) is 4.66. The Labute approximate surface area is 176 Å². The zero-order valence-electron chi connectivity index (χ0n) is 19.5. The van der Waals surface area contributed by atoms with Crippen molar-refractivity contribution in [3.63, 3.8) is 0 Å². The zero-order valence-corrected chi connectivity index (χ0v) is 20.5. The maximum Gasteiger partial charge on any atom is 0.0915 e. The number of benzene rings is 1. The molecular formula is C27H44Si. The van der Waals surface area contributed by atoms with Gasteiger partial charge in [-0.1, -0.05) is 112 Å². The van der Waals surface area contributed by atoms with Gasteiger partial charge in [0.2, 0.25) is 0 Å². The molecule has 0 aliphatic heterocycles. The first kappa shape index (κ1) is 23.2. The lowest BCUT2D eigenvalue weighted by Gasteiger charge is -2.31. The maximum absolute atomic E-state index is 2.59. The van der Waals surface area contributed by atoms with Gasteiger partial charge in [0.15, 0.2) is 0 Å². The van der Waals surface area contributed by atoms with Crippen molar-refractivity contribution in [1.82, 2.24) is 0 Å². The first-order chi connectivity index (χ1) is 13.4. The molecule has 1 atom stereocenters. The molecule has 0 bridgehead atoms. The van der Waals surface area contributed by atoms with Crippen molar-refractivity contribution < 1.29 is 0 Å². The van der Waals surface area contributed by atoms with E-state index in [0.717, 1.165) is 0 Å². The normalized spacial score (nSPS) is 17.0. The van der Waals surface area contributed by atoms with Crippen LogP contribution in [0.3, 0.4) is 0 Å². The number of rotatable bonds is 12. The summed E-state index contributed by atoms with van der Waals surface area (Å²) < 4.78 is 0. The van der Waals surface area contributed by atoms with Crippen LogP contribution in [0.5, 0.6) is 0 Å². The molecule has 0 N–H and O–H groups in total. The predicted octanol–water partition coefficient (Wildman–Crippen LogP) is 8.12. The van der Waals surface area contributed by atoms with Gasteiger partial charge >= 0.3 is 0 Å². The molecule has 0 spiro atoms. The molecule has 0 saturated heterocycles. The summed E-state index contributed by atoms with van der Waals surface area (Å²) in [6, 6.07) is 7.70. The summed E-state index contributed by atoms with van der Waals surface area (Å²) in [4.78, 5) is 0. The van der Waals surface area contributed by atoms with Gasteiger partial charge in [0.1, 0.15) is 0 Å². The predicted molar refractivity (Wildman–Crippen MR) is 131 cm³/mol. The Kier molecular flexibility index (Phi) is 9.27. The zero-order chi connectivity index (χ0) is 20.6. The van der Waals surface area contributed by atoms with E-state index in [2.05, 4.69) is 71.1 Å². The Morgan fingerprint density at radius 1 is 0.750 bits per heavy atom. The van der Waals surface area contributed by atoms with Crippen molar-refractivity contribution in [2.75, 3.05) is 0 Å². The Hall–Kier alpha value is -1.08. The van der Waals surface area contributed by atoms with Crippen LogP contribution in [0, 0.1) is 0 Å². The molecule has 1 aliphatic rings. The molecule has 0 saturated carbocycles. The maximum atomic E-state index is 2.59. The van der Waals surface area contributed by atoms with E-state index in [1.54, 1.807) is 21.9 Å². The quantitative estimate of drug-likeness (QED) is 0.247. The first-order valence-corrected chi connectivity index (χ1v) is 15.0. The van der Waals surface area contributed by atoms with Gasteiger partial charge in [-0.05, 0) is 56.2 Å². The van der Waals surface area contributed by atoms with Crippen LogP contribution in [0.25, 0.3) is 0 Å². The Bertz CT molecular complexity index is 647. The summed E-state index contributed by atoms with van der Waals surface area (Å²) in [6.45, 7) is 14.4. The monoisotopic (exact) mass is 396 g/mol. The van der Waals surface area contributed by atoms with E-state index in [0.29, 0.717) is 5.54 Å². The van der Waals surface area contributed by atoms with Gasteiger partial charge in [0, 0.05) is 0 Å². The van der Waals surface area contributed by atoms with E-state index >= 15 is 0 Å². The fourth-order valence-corrected chi connectivity index (χ4v) is 8.02. The van der Waals surface area contributed by atoms with Crippen LogP contribution < -0.4 is 5.19 Å². The molecule has 1 heteroatoms. The minimum Gasteiger partial charge on any atom is -0.0794 e. The number of unbranched alkanes of at least 4 members (excludes halogenated alkanes) is 6. The van der Waals surface area contributed by atoms with Gasteiger partial charge in [-0.25, -0.2) is 0 Å². The van der Waals surface area contributed by atoms with Gasteiger partial charge in [-0.2, -0.15) is 0 Å². The van der Waals surface area contributed by atoms with Crippen molar-refractivity contribution in [1.29, 1.82) is 0 Å². The van der Waals surface area contributed by atoms with Crippen LogP contribution in [-0.2, 0) is 12.8 Å². The minimum atomic E-state index is -1.57. The molecule has 0 fully saturated rings. The SMILES string of the molecule is CCCCCCc1cc(CCCCCC)cc([Si](C)(C)C2C=CC(C)=C2C)c1. The van der Waals surface area contributed by atoms with Crippen LogP contribution >= 0.6 is 0 Å². The molecule has 28 heavy (non-hydrogen) atoms. The van der Waals surface area contributed by atoms with Gasteiger partial charge in [0.25, 0.3) is 0 Å². The molecule has 1 aromatic rings. The molecule has 2 rings (SSSR count). The lowest BCUT2D eigenvalue weighted by molar-refractivity contribution is 0.661. The standard InChI is InChI=1S/C27H44Si/c1-7-9-11-13-15-24-19-25(16-14-12-10-8-2)21-26(20-24)28(5,6)27-18-17-22(3)23(27)4/h17-21,27H,7-16H2,1-6H3. The van der Waals surface area contributed by atoms with E-state index in [9.17, 15) is 0 Å². The summed E-state index contributed by atoms with van der Waals surface area (Å²) in [5.74, 6) is 0. The molecule has 0 amide bonds. The van der Waals surface area contributed by atoms with Crippen molar-refractivity contribution in [2.45, 2.75) is 111 Å². The topological polar surface area (TPSA) is 0 Å². The average Bonchev–Trinajstić information content (AvgIpc) is 3.02. The highest BCUT2D eigenvalue weighted by atomic mass is 28.3. The smallest absolute Gasteiger partial charge is 0.0794 e. The van der Waals surface area contributed by atoms with Crippen molar-refractivity contribution >= 4 is 13.3 Å². The molecule has 0 radical (unpaired) electrons. The van der Waals surface area contributed by atoms with E-state index in [4.69, 9.17) is 0 Å². The van der Waals surface area contributed by atoms with Gasteiger partial charge in [-0.3, -0.25) is 0 Å². The van der Waals surface area contributed by atoms with E-state index in [1.165, 1.54) is 69.8 Å². The Morgan fingerprint density at radius 2 is 1.29 bits per heavy atom. The molecule has 156 valence electrons.